The summed E-state index contributed by atoms with van der Waals surface area (Å²) in [5, 5.41) is 1.23. The van der Waals surface area contributed by atoms with Gasteiger partial charge in [-0.05, 0) is 42.6 Å². The molecule has 2 aromatic heterocycles. The summed E-state index contributed by atoms with van der Waals surface area (Å²) in [5.74, 6) is 0. The van der Waals surface area contributed by atoms with Crippen molar-refractivity contribution in [1.82, 2.24) is 19.4 Å². The highest BCUT2D eigenvalue weighted by atomic mass is 15.3. The van der Waals surface area contributed by atoms with Crippen LogP contribution in [0.25, 0.3) is 10.9 Å². The summed E-state index contributed by atoms with van der Waals surface area (Å²) in [6, 6.07) is 26.5. The Bertz CT molecular complexity index is 1060. The zero-order chi connectivity index (χ0) is 21.6. The van der Waals surface area contributed by atoms with Crippen molar-refractivity contribution in [1.29, 1.82) is 0 Å². The van der Waals surface area contributed by atoms with Crippen LogP contribution in [0.3, 0.4) is 0 Å². The highest BCUT2D eigenvalue weighted by molar-refractivity contribution is 5.78. The number of hydrogen-bond donors (Lipinski definition) is 0. The van der Waals surface area contributed by atoms with Gasteiger partial charge in [0.05, 0.1) is 11.6 Å². The number of unbranched alkanes of at least 4 members (excludes halogenated alkanes) is 1. The minimum Gasteiger partial charge on any atom is -0.347 e. The zero-order valence-corrected chi connectivity index (χ0v) is 18.7. The summed E-state index contributed by atoms with van der Waals surface area (Å²) in [7, 11) is 0. The number of pyridine rings is 1. The van der Waals surface area contributed by atoms with Crippen LogP contribution < -0.4 is 0 Å². The number of piperazine rings is 1. The van der Waals surface area contributed by atoms with E-state index in [0.29, 0.717) is 6.04 Å². The average Bonchev–Trinajstić information content (AvgIpc) is 3.27. The minimum absolute atomic E-state index is 0.344. The van der Waals surface area contributed by atoms with Crippen LogP contribution in [0.15, 0.2) is 91.4 Å². The molecule has 0 atom stereocenters. The van der Waals surface area contributed by atoms with E-state index in [2.05, 4.69) is 98.3 Å². The molecule has 0 radical (unpaired) electrons. The lowest BCUT2D eigenvalue weighted by Gasteiger charge is -2.40. The van der Waals surface area contributed by atoms with Crippen LogP contribution in [0.2, 0.25) is 0 Å². The van der Waals surface area contributed by atoms with Crippen molar-refractivity contribution in [3.63, 3.8) is 0 Å². The predicted octanol–water partition coefficient (Wildman–Crippen LogP) is 5.22. The van der Waals surface area contributed by atoms with E-state index in [9.17, 15) is 0 Å². The lowest BCUT2D eigenvalue weighted by Crippen LogP contribution is -2.48. The van der Waals surface area contributed by atoms with Gasteiger partial charge in [-0.25, -0.2) is 0 Å². The Kier molecular flexibility index (Phi) is 6.61. The molecule has 0 amide bonds. The van der Waals surface area contributed by atoms with Gasteiger partial charge in [-0.1, -0.05) is 60.7 Å². The first kappa shape index (κ1) is 20.9. The highest BCUT2D eigenvalue weighted by Gasteiger charge is 2.26. The van der Waals surface area contributed by atoms with Crippen LogP contribution in [-0.2, 0) is 6.54 Å². The molecular formula is C28H32N4. The average molecular weight is 425 g/mol. The van der Waals surface area contributed by atoms with Crippen LogP contribution in [-0.4, -0.2) is 52.1 Å². The van der Waals surface area contributed by atoms with Crippen LogP contribution in [0.1, 0.15) is 30.0 Å². The standard InChI is InChI=1S/C28H32N4/c1-3-9-24(10-4-1)28(25-11-5-2-6-12-25)32-21-19-30(20-22-32)16-7-8-17-31-18-14-26-23-29-15-13-27(26)31/h1-6,9-15,18,23,28H,7-8,16-17,19-22H2. The molecule has 1 aliphatic rings. The molecule has 0 aliphatic carbocycles. The van der Waals surface area contributed by atoms with Crippen LogP contribution in [0.4, 0.5) is 0 Å². The number of rotatable bonds is 8. The van der Waals surface area contributed by atoms with Gasteiger partial charge in [0, 0.05) is 56.7 Å². The molecule has 0 saturated carbocycles. The normalized spacial score (nSPS) is 15.5. The Morgan fingerprint density at radius 1 is 0.719 bits per heavy atom. The molecule has 1 saturated heterocycles. The van der Waals surface area contributed by atoms with Gasteiger partial charge in [0.15, 0.2) is 0 Å². The number of aryl methyl sites for hydroxylation is 1. The minimum atomic E-state index is 0.344. The van der Waals surface area contributed by atoms with Crippen molar-refractivity contribution >= 4 is 10.9 Å². The monoisotopic (exact) mass is 424 g/mol. The molecule has 32 heavy (non-hydrogen) atoms. The van der Waals surface area contributed by atoms with Crippen LogP contribution >= 0.6 is 0 Å². The Morgan fingerprint density at radius 2 is 1.38 bits per heavy atom. The van der Waals surface area contributed by atoms with Crippen molar-refractivity contribution in [3.05, 3.63) is 103 Å². The maximum Gasteiger partial charge on any atom is 0.0602 e. The van der Waals surface area contributed by atoms with Crippen molar-refractivity contribution in [3.8, 4) is 0 Å². The first-order chi connectivity index (χ1) is 15.9. The van der Waals surface area contributed by atoms with E-state index in [4.69, 9.17) is 0 Å². The Morgan fingerprint density at radius 3 is 2.06 bits per heavy atom. The number of aromatic nitrogens is 2. The first-order valence-corrected chi connectivity index (χ1v) is 11.8. The maximum atomic E-state index is 4.22. The number of nitrogens with zero attached hydrogens (tertiary/aromatic N) is 4. The number of fused-ring (bicyclic) bond motifs is 1. The molecule has 0 bridgehead atoms. The van der Waals surface area contributed by atoms with E-state index in [1.807, 2.05) is 12.4 Å². The Hall–Kier alpha value is -2.95. The van der Waals surface area contributed by atoms with Crippen molar-refractivity contribution in [2.45, 2.75) is 25.4 Å². The topological polar surface area (TPSA) is 24.3 Å². The molecule has 3 heterocycles. The summed E-state index contributed by atoms with van der Waals surface area (Å²) in [6.07, 6.45) is 8.48. The smallest absolute Gasteiger partial charge is 0.0602 e. The fourth-order valence-corrected chi connectivity index (χ4v) is 4.98. The Labute approximate surface area is 191 Å². The lowest BCUT2D eigenvalue weighted by atomic mass is 9.96. The first-order valence-electron chi connectivity index (χ1n) is 11.8. The number of benzene rings is 2. The van der Waals surface area contributed by atoms with Gasteiger partial charge in [-0.2, -0.15) is 0 Å². The van der Waals surface area contributed by atoms with Crippen molar-refractivity contribution in [2.75, 3.05) is 32.7 Å². The van der Waals surface area contributed by atoms with Crippen LogP contribution in [0, 0.1) is 0 Å². The molecule has 5 rings (SSSR count). The van der Waals surface area contributed by atoms with E-state index in [-0.39, 0.29) is 0 Å². The van der Waals surface area contributed by atoms with Gasteiger partial charge in [0.25, 0.3) is 0 Å². The van der Waals surface area contributed by atoms with Gasteiger partial charge in [-0.15, -0.1) is 0 Å². The molecule has 0 spiro atoms. The molecule has 2 aromatic carbocycles. The third-order valence-electron chi connectivity index (χ3n) is 6.70. The van der Waals surface area contributed by atoms with Crippen LogP contribution in [0.5, 0.6) is 0 Å². The van der Waals surface area contributed by atoms with E-state index < -0.39 is 0 Å². The van der Waals surface area contributed by atoms with Gasteiger partial charge < -0.3 is 9.47 Å². The largest absolute Gasteiger partial charge is 0.347 e. The second-order valence-corrected chi connectivity index (χ2v) is 8.75. The molecule has 164 valence electrons. The Balaban J connectivity index is 1.14. The molecule has 0 unspecified atom stereocenters. The summed E-state index contributed by atoms with van der Waals surface area (Å²) in [6.45, 7) is 6.80. The predicted molar refractivity (Wildman–Crippen MR) is 132 cm³/mol. The lowest BCUT2D eigenvalue weighted by molar-refractivity contribution is 0.108. The van der Waals surface area contributed by atoms with E-state index in [0.717, 1.165) is 32.7 Å². The second kappa shape index (κ2) is 10.1. The fourth-order valence-electron chi connectivity index (χ4n) is 4.98. The van der Waals surface area contributed by atoms with Gasteiger partial charge in [-0.3, -0.25) is 9.88 Å². The third-order valence-corrected chi connectivity index (χ3v) is 6.70. The summed E-state index contributed by atoms with van der Waals surface area (Å²) >= 11 is 0. The van der Waals surface area contributed by atoms with E-state index in [1.165, 1.54) is 41.4 Å². The fraction of sp³-hybridized carbons (Fsp3) is 0.321. The highest BCUT2D eigenvalue weighted by Crippen LogP contribution is 2.29. The summed E-state index contributed by atoms with van der Waals surface area (Å²) in [4.78, 5) is 9.51. The molecule has 1 fully saturated rings. The van der Waals surface area contributed by atoms with Gasteiger partial charge >= 0.3 is 0 Å². The molecule has 0 N–H and O–H groups in total. The van der Waals surface area contributed by atoms with Gasteiger partial charge in [0.1, 0.15) is 0 Å². The molecule has 4 heteroatoms. The summed E-state index contributed by atoms with van der Waals surface area (Å²) in [5.41, 5.74) is 4.07. The third kappa shape index (κ3) is 4.77. The van der Waals surface area contributed by atoms with Crippen molar-refractivity contribution in [2.24, 2.45) is 0 Å². The van der Waals surface area contributed by atoms with Crippen molar-refractivity contribution < 1.29 is 0 Å². The quantitative estimate of drug-likeness (QED) is 0.362. The van der Waals surface area contributed by atoms with Gasteiger partial charge in [0.2, 0.25) is 0 Å². The SMILES string of the molecule is c1ccc(C(c2ccccc2)N2CCN(CCCCn3ccc4cnccc43)CC2)cc1. The molecular weight excluding hydrogens is 392 g/mol. The van der Waals surface area contributed by atoms with E-state index >= 15 is 0 Å². The molecule has 4 nitrogen and oxygen atoms in total. The maximum absolute atomic E-state index is 4.22. The zero-order valence-electron chi connectivity index (χ0n) is 18.7. The number of hydrogen-bond acceptors (Lipinski definition) is 3. The second-order valence-electron chi connectivity index (χ2n) is 8.75. The molecule has 1 aliphatic heterocycles. The van der Waals surface area contributed by atoms with E-state index in [1.54, 1.807) is 0 Å². The molecule has 4 aromatic rings. The summed E-state index contributed by atoms with van der Waals surface area (Å²) < 4.78 is 2.36.